The number of aromatic nitrogens is 2. The van der Waals surface area contributed by atoms with Gasteiger partial charge in [-0.05, 0) is 24.6 Å². The summed E-state index contributed by atoms with van der Waals surface area (Å²) < 4.78 is 6.04. The lowest BCUT2D eigenvalue weighted by Gasteiger charge is -2.25. The number of hydrogen-bond donors (Lipinski definition) is 1. The third-order valence-corrected chi connectivity index (χ3v) is 5.74. The lowest BCUT2D eigenvalue weighted by Crippen LogP contribution is -2.29. The molecule has 2 aromatic heterocycles. The quantitative estimate of drug-likeness (QED) is 0.673. The van der Waals surface area contributed by atoms with Crippen molar-refractivity contribution in [3.63, 3.8) is 0 Å². The lowest BCUT2D eigenvalue weighted by molar-refractivity contribution is 0.101. The van der Waals surface area contributed by atoms with Crippen LogP contribution < -0.4 is 5.32 Å². The number of hydrogen-bond acceptors (Lipinski definition) is 6. The van der Waals surface area contributed by atoms with Gasteiger partial charge in [0.25, 0.3) is 5.91 Å². The first-order valence-corrected chi connectivity index (χ1v) is 9.88. The second-order valence-electron chi connectivity index (χ2n) is 6.25. The minimum Gasteiger partial charge on any atom is -0.361 e. The Morgan fingerprint density at radius 3 is 2.92 bits per heavy atom. The van der Waals surface area contributed by atoms with Crippen molar-refractivity contribution in [3.8, 4) is 0 Å². The Kier molecular flexibility index (Phi) is 4.88. The minimum atomic E-state index is -0.292. The molecule has 0 unspecified atom stereocenters. The summed E-state index contributed by atoms with van der Waals surface area (Å²) >= 11 is 5.00. The van der Waals surface area contributed by atoms with E-state index in [-0.39, 0.29) is 11.6 Å². The van der Waals surface area contributed by atoms with Gasteiger partial charge in [-0.15, -0.1) is 11.3 Å². The molecule has 0 atom stereocenters. The van der Waals surface area contributed by atoms with Gasteiger partial charge in [-0.1, -0.05) is 33.2 Å². The highest BCUT2D eigenvalue weighted by Crippen LogP contribution is 2.29. The number of nitrogens with zero attached hydrogens (tertiary/aromatic N) is 3. The molecular weight excluding hydrogens is 416 g/mol. The number of aryl methyl sites for hydroxylation is 1. The molecule has 0 bridgehead atoms. The van der Waals surface area contributed by atoms with Crippen LogP contribution in [0.3, 0.4) is 0 Å². The Balaban J connectivity index is 1.42. The molecule has 1 N–H and O–H groups in total. The highest BCUT2D eigenvalue weighted by molar-refractivity contribution is 9.10. The van der Waals surface area contributed by atoms with E-state index < -0.39 is 0 Å². The van der Waals surface area contributed by atoms with Crippen molar-refractivity contribution < 1.29 is 9.32 Å². The van der Waals surface area contributed by atoms with E-state index in [4.69, 9.17) is 4.52 Å². The van der Waals surface area contributed by atoms with Gasteiger partial charge in [0.1, 0.15) is 5.76 Å². The monoisotopic (exact) mass is 432 g/mol. The maximum Gasteiger partial charge on any atom is 0.279 e. The third kappa shape index (κ3) is 3.87. The van der Waals surface area contributed by atoms with Gasteiger partial charge in [0.05, 0.1) is 5.69 Å². The van der Waals surface area contributed by atoms with E-state index in [1.165, 1.54) is 21.8 Å². The standard InChI is InChI=1S/C18H17BrN4O2S/c1-11-8-15(22-25-11)17(24)21-18-20-14-6-7-23(10-16(14)26-18)9-12-2-4-13(19)5-3-12/h2-5,8H,6-7,9-10H2,1H3,(H,20,21,24). The molecule has 26 heavy (non-hydrogen) atoms. The summed E-state index contributed by atoms with van der Waals surface area (Å²) in [6, 6.07) is 10.0. The van der Waals surface area contributed by atoms with Gasteiger partial charge in [0.2, 0.25) is 0 Å². The summed E-state index contributed by atoms with van der Waals surface area (Å²) in [5.74, 6) is 0.317. The fourth-order valence-corrected chi connectivity index (χ4v) is 4.23. The lowest BCUT2D eigenvalue weighted by atomic mass is 10.1. The van der Waals surface area contributed by atoms with Gasteiger partial charge >= 0.3 is 0 Å². The van der Waals surface area contributed by atoms with Crippen LogP contribution in [-0.4, -0.2) is 27.5 Å². The fraction of sp³-hybridized carbons (Fsp3) is 0.278. The van der Waals surface area contributed by atoms with Crippen LogP contribution in [0, 0.1) is 6.92 Å². The van der Waals surface area contributed by atoms with Crippen LogP contribution in [0.15, 0.2) is 39.3 Å². The molecule has 0 saturated heterocycles. The Morgan fingerprint density at radius 1 is 1.38 bits per heavy atom. The number of benzene rings is 1. The van der Waals surface area contributed by atoms with Crippen molar-refractivity contribution in [1.29, 1.82) is 0 Å². The average Bonchev–Trinajstić information content (AvgIpc) is 3.22. The van der Waals surface area contributed by atoms with E-state index in [1.54, 1.807) is 13.0 Å². The number of carbonyl (C=O) groups is 1. The van der Waals surface area contributed by atoms with Crippen LogP contribution in [0.1, 0.15) is 32.4 Å². The predicted molar refractivity (Wildman–Crippen MR) is 103 cm³/mol. The summed E-state index contributed by atoms with van der Waals surface area (Å²) in [6.07, 6.45) is 0.890. The first kappa shape index (κ1) is 17.4. The number of anilines is 1. The molecule has 0 spiro atoms. The Hall–Kier alpha value is -2.03. The van der Waals surface area contributed by atoms with E-state index in [9.17, 15) is 4.79 Å². The molecule has 6 nitrogen and oxygen atoms in total. The van der Waals surface area contributed by atoms with Crippen LogP contribution in [0.25, 0.3) is 0 Å². The number of amides is 1. The Labute approximate surface area is 163 Å². The Bertz CT molecular complexity index is 935. The molecule has 1 amide bonds. The molecule has 3 heterocycles. The molecule has 3 aromatic rings. The molecular formula is C18H17BrN4O2S. The number of carbonyl (C=O) groups excluding carboxylic acids is 1. The van der Waals surface area contributed by atoms with E-state index in [1.807, 2.05) is 0 Å². The third-order valence-electron chi connectivity index (χ3n) is 4.21. The summed E-state index contributed by atoms with van der Waals surface area (Å²) in [4.78, 5) is 20.4. The minimum absolute atomic E-state index is 0.271. The van der Waals surface area contributed by atoms with Gasteiger partial charge in [-0.3, -0.25) is 15.0 Å². The summed E-state index contributed by atoms with van der Waals surface area (Å²) in [5, 5.41) is 7.18. The number of fused-ring (bicyclic) bond motifs is 1. The molecule has 1 aromatic carbocycles. The number of nitrogens with one attached hydrogen (secondary N) is 1. The molecule has 0 radical (unpaired) electrons. The highest BCUT2D eigenvalue weighted by atomic mass is 79.9. The number of thiazole rings is 1. The summed E-state index contributed by atoms with van der Waals surface area (Å²) in [5.41, 5.74) is 2.64. The molecule has 134 valence electrons. The largest absolute Gasteiger partial charge is 0.361 e. The van der Waals surface area contributed by atoms with Crippen LogP contribution in [0.2, 0.25) is 0 Å². The van der Waals surface area contributed by atoms with E-state index in [2.05, 4.69) is 60.6 Å². The second kappa shape index (κ2) is 7.30. The van der Waals surface area contributed by atoms with Crippen molar-refractivity contribution >= 4 is 38.3 Å². The van der Waals surface area contributed by atoms with Crippen molar-refractivity contribution in [2.24, 2.45) is 0 Å². The van der Waals surface area contributed by atoms with E-state index in [0.717, 1.165) is 36.2 Å². The van der Waals surface area contributed by atoms with Crippen molar-refractivity contribution in [2.75, 3.05) is 11.9 Å². The van der Waals surface area contributed by atoms with E-state index >= 15 is 0 Å². The number of rotatable bonds is 4. The topological polar surface area (TPSA) is 71.3 Å². The maximum absolute atomic E-state index is 12.2. The van der Waals surface area contributed by atoms with Crippen LogP contribution in [0.5, 0.6) is 0 Å². The highest BCUT2D eigenvalue weighted by Gasteiger charge is 2.22. The van der Waals surface area contributed by atoms with Crippen molar-refractivity contribution in [3.05, 3.63) is 62.4 Å². The molecule has 1 aliphatic rings. The zero-order chi connectivity index (χ0) is 18.1. The van der Waals surface area contributed by atoms with Gasteiger partial charge in [0, 0.05) is 41.5 Å². The maximum atomic E-state index is 12.2. The van der Waals surface area contributed by atoms with Crippen LogP contribution in [-0.2, 0) is 19.5 Å². The number of halogens is 1. The summed E-state index contributed by atoms with van der Waals surface area (Å²) in [6.45, 7) is 4.47. The molecule has 0 fully saturated rings. The van der Waals surface area contributed by atoms with Crippen molar-refractivity contribution in [1.82, 2.24) is 15.0 Å². The SMILES string of the molecule is Cc1cc(C(=O)Nc2nc3c(s2)CN(Cc2ccc(Br)cc2)CC3)no1. The zero-order valence-electron chi connectivity index (χ0n) is 14.2. The zero-order valence-corrected chi connectivity index (χ0v) is 16.6. The summed E-state index contributed by atoms with van der Waals surface area (Å²) in [7, 11) is 0. The predicted octanol–water partition coefficient (Wildman–Crippen LogP) is 4.01. The second-order valence-corrected chi connectivity index (χ2v) is 8.25. The molecule has 0 aliphatic carbocycles. The van der Waals surface area contributed by atoms with Crippen LogP contribution >= 0.6 is 27.3 Å². The van der Waals surface area contributed by atoms with Gasteiger partial charge in [0.15, 0.2) is 10.8 Å². The molecule has 8 heteroatoms. The van der Waals surface area contributed by atoms with E-state index in [0.29, 0.717) is 10.9 Å². The van der Waals surface area contributed by atoms with Gasteiger partial charge < -0.3 is 4.52 Å². The Morgan fingerprint density at radius 2 is 2.19 bits per heavy atom. The smallest absolute Gasteiger partial charge is 0.279 e. The van der Waals surface area contributed by atoms with Crippen molar-refractivity contribution in [2.45, 2.75) is 26.4 Å². The first-order chi connectivity index (χ1) is 12.6. The first-order valence-electron chi connectivity index (χ1n) is 8.27. The van der Waals surface area contributed by atoms with Gasteiger partial charge in [-0.2, -0.15) is 0 Å². The molecule has 4 rings (SSSR count). The fourth-order valence-electron chi connectivity index (χ4n) is 2.92. The molecule has 0 saturated carbocycles. The normalized spacial score (nSPS) is 14.2. The van der Waals surface area contributed by atoms with Crippen LogP contribution in [0.4, 0.5) is 5.13 Å². The molecule has 1 aliphatic heterocycles. The van der Waals surface area contributed by atoms with Gasteiger partial charge in [-0.25, -0.2) is 4.98 Å². The average molecular weight is 433 g/mol.